The molecule has 0 saturated carbocycles. The molecule has 0 aliphatic carbocycles. The van der Waals surface area contributed by atoms with Crippen LogP contribution in [0.25, 0.3) is 0 Å². The van der Waals surface area contributed by atoms with Gasteiger partial charge in [-0.15, -0.1) is 0 Å². The first-order chi connectivity index (χ1) is 7.36. The highest BCUT2D eigenvalue weighted by Crippen LogP contribution is 2.24. The average Bonchev–Trinajstić information content (AvgIpc) is 2.16. The second-order valence-electron chi connectivity index (χ2n) is 4.24. The van der Waals surface area contributed by atoms with Crippen LogP contribution in [0.5, 0.6) is 0 Å². The van der Waals surface area contributed by atoms with Gasteiger partial charge in [0.25, 0.3) is 0 Å². The summed E-state index contributed by atoms with van der Waals surface area (Å²) in [5, 5.41) is 12.4. The first-order valence-corrected chi connectivity index (χ1v) is 5.92. The van der Waals surface area contributed by atoms with E-state index in [0.29, 0.717) is 0 Å². The summed E-state index contributed by atoms with van der Waals surface area (Å²) in [7, 11) is 0. The number of hydrogen-bond donors (Lipinski definition) is 2. The van der Waals surface area contributed by atoms with Gasteiger partial charge in [0.15, 0.2) is 0 Å². The van der Waals surface area contributed by atoms with Crippen LogP contribution in [0.4, 0.5) is 0 Å². The maximum absolute atomic E-state index is 11.4. The normalized spacial score (nSPS) is 14.8. The summed E-state index contributed by atoms with van der Waals surface area (Å²) in [5.41, 5.74) is -0.319. The Bertz CT molecular complexity index is 392. The molecule has 3 nitrogen and oxygen atoms in total. The molecule has 88 valence electrons. The minimum absolute atomic E-state index is 0.0973. The molecule has 2 N–H and O–H groups in total. The van der Waals surface area contributed by atoms with Gasteiger partial charge >= 0.3 is 5.97 Å². The van der Waals surface area contributed by atoms with Crippen LogP contribution in [-0.4, -0.2) is 17.1 Å². The number of aliphatic carboxylic acids is 1. The first kappa shape index (κ1) is 13.2. The lowest BCUT2D eigenvalue weighted by Crippen LogP contribution is -2.49. The molecule has 0 amide bonds. The zero-order valence-corrected chi connectivity index (χ0v) is 11.2. The number of hydrogen-bond acceptors (Lipinski definition) is 2. The van der Waals surface area contributed by atoms with Crippen LogP contribution in [0.2, 0.25) is 0 Å². The summed E-state index contributed by atoms with van der Waals surface area (Å²) in [6.07, 6.45) is 0. The Balaban J connectivity index is 3.16. The van der Waals surface area contributed by atoms with Crippen molar-refractivity contribution < 1.29 is 9.90 Å². The Morgan fingerprint density at radius 3 is 2.56 bits per heavy atom. The maximum Gasteiger partial charge on any atom is 0.328 e. The lowest BCUT2D eigenvalue weighted by Gasteiger charge is -2.29. The lowest BCUT2D eigenvalue weighted by atomic mass is 9.91. The number of nitrogens with one attached hydrogen (secondary N) is 1. The third-order valence-corrected chi connectivity index (χ3v) is 2.90. The van der Waals surface area contributed by atoms with E-state index in [-0.39, 0.29) is 6.04 Å². The summed E-state index contributed by atoms with van der Waals surface area (Å²) in [6.45, 7) is 5.54. The van der Waals surface area contributed by atoms with Crippen LogP contribution >= 0.6 is 15.9 Å². The van der Waals surface area contributed by atoms with Crippen molar-refractivity contribution in [3.63, 3.8) is 0 Å². The molecule has 16 heavy (non-hydrogen) atoms. The molecule has 0 aromatic heterocycles. The van der Waals surface area contributed by atoms with Crippen LogP contribution in [0.3, 0.4) is 0 Å². The standard InChI is InChI=1S/C12H16BrNO2/c1-8(2)14-12(3,11(15)16)9-5-4-6-10(13)7-9/h4-8,14H,1-3H3,(H,15,16). The van der Waals surface area contributed by atoms with Crippen LogP contribution in [0.1, 0.15) is 26.3 Å². The molecular weight excluding hydrogens is 270 g/mol. The fourth-order valence-electron chi connectivity index (χ4n) is 1.65. The van der Waals surface area contributed by atoms with Gasteiger partial charge in [0.2, 0.25) is 0 Å². The van der Waals surface area contributed by atoms with E-state index in [4.69, 9.17) is 0 Å². The molecule has 1 atom stereocenters. The molecule has 1 aromatic carbocycles. The van der Waals surface area contributed by atoms with Gasteiger partial charge in [-0.05, 0) is 38.5 Å². The topological polar surface area (TPSA) is 49.3 Å². The van der Waals surface area contributed by atoms with Crippen LogP contribution in [0, 0.1) is 0 Å². The average molecular weight is 286 g/mol. The Morgan fingerprint density at radius 2 is 2.12 bits per heavy atom. The molecule has 0 spiro atoms. The molecule has 1 aromatic rings. The molecule has 0 fully saturated rings. The van der Waals surface area contributed by atoms with Gasteiger partial charge < -0.3 is 5.11 Å². The van der Waals surface area contributed by atoms with Gasteiger partial charge in [0.05, 0.1) is 0 Å². The van der Waals surface area contributed by atoms with E-state index in [1.54, 1.807) is 6.92 Å². The van der Waals surface area contributed by atoms with E-state index in [0.717, 1.165) is 10.0 Å². The van der Waals surface area contributed by atoms with Gasteiger partial charge in [-0.3, -0.25) is 5.32 Å². The van der Waals surface area contributed by atoms with E-state index in [1.807, 2.05) is 38.1 Å². The van der Waals surface area contributed by atoms with Gasteiger partial charge in [-0.2, -0.15) is 0 Å². The summed E-state index contributed by atoms with van der Waals surface area (Å²) >= 11 is 3.35. The minimum atomic E-state index is -1.06. The number of carbonyl (C=O) groups is 1. The Hall–Kier alpha value is -0.870. The molecule has 0 bridgehead atoms. The van der Waals surface area contributed by atoms with E-state index in [9.17, 15) is 9.90 Å². The van der Waals surface area contributed by atoms with Gasteiger partial charge in [0.1, 0.15) is 5.54 Å². The van der Waals surface area contributed by atoms with Crippen molar-refractivity contribution in [1.82, 2.24) is 5.32 Å². The number of carboxylic acids is 1. The molecule has 0 aliphatic rings. The third-order valence-electron chi connectivity index (χ3n) is 2.41. The van der Waals surface area contributed by atoms with Crippen molar-refractivity contribution in [3.05, 3.63) is 34.3 Å². The smallest absolute Gasteiger partial charge is 0.328 e. The number of rotatable bonds is 4. The second kappa shape index (κ2) is 4.97. The number of carboxylic acid groups (broad SMARTS) is 1. The highest BCUT2D eigenvalue weighted by molar-refractivity contribution is 9.10. The fourth-order valence-corrected chi connectivity index (χ4v) is 2.04. The summed E-state index contributed by atoms with van der Waals surface area (Å²) in [4.78, 5) is 11.4. The number of halogens is 1. The molecule has 1 rings (SSSR count). The fraction of sp³-hybridized carbons (Fsp3) is 0.417. The van der Waals surface area contributed by atoms with Gasteiger partial charge in [-0.1, -0.05) is 28.1 Å². The molecular formula is C12H16BrNO2. The Kier molecular flexibility index (Phi) is 4.10. The first-order valence-electron chi connectivity index (χ1n) is 5.13. The Labute approximate surface area is 104 Å². The van der Waals surface area contributed by atoms with Crippen molar-refractivity contribution in [2.45, 2.75) is 32.4 Å². The van der Waals surface area contributed by atoms with E-state index in [2.05, 4.69) is 21.2 Å². The zero-order valence-electron chi connectivity index (χ0n) is 9.62. The van der Waals surface area contributed by atoms with Crippen molar-refractivity contribution in [3.8, 4) is 0 Å². The van der Waals surface area contributed by atoms with Gasteiger partial charge in [-0.25, -0.2) is 4.79 Å². The van der Waals surface area contributed by atoms with E-state index < -0.39 is 11.5 Å². The molecule has 0 saturated heterocycles. The van der Waals surface area contributed by atoms with Crippen LogP contribution in [-0.2, 0) is 10.3 Å². The predicted octanol–water partition coefficient (Wildman–Crippen LogP) is 2.75. The van der Waals surface area contributed by atoms with Crippen LogP contribution in [0.15, 0.2) is 28.7 Å². The van der Waals surface area contributed by atoms with E-state index in [1.165, 1.54) is 0 Å². The Morgan fingerprint density at radius 1 is 1.50 bits per heavy atom. The summed E-state index contributed by atoms with van der Waals surface area (Å²) in [6, 6.07) is 7.45. The highest BCUT2D eigenvalue weighted by atomic mass is 79.9. The van der Waals surface area contributed by atoms with Crippen LogP contribution < -0.4 is 5.32 Å². The monoisotopic (exact) mass is 285 g/mol. The van der Waals surface area contributed by atoms with Crippen molar-refractivity contribution in [2.75, 3.05) is 0 Å². The van der Waals surface area contributed by atoms with Crippen molar-refractivity contribution in [1.29, 1.82) is 0 Å². The second-order valence-corrected chi connectivity index (χ2v) is 5.16. The van der Waals surface area contributed by atoms with Gasteiger partial charge in [0, 0.05) is 10.5 Å². The highest BCUT2D eigenvalue weighted by Gasteiger charge is 2.35. The lowest BCUT2D eigenvalue weighted by molar-refractivity contribution is -0.144. The molecule has 4 heteroatoms. The quantitative estimate of drug-likeness (QED) is 0.894. The third kappa shape index (κ3) is 2.83. The summed E-state index contributed by atoms with van der Waals surface area (Å²) < 4.78 is 0.878. The molecule has 0 radical (unpaired) electrons. The molecule has 0 aliphatic heterocycles. The number of benzene rings is 1. The van der Waals surface area contributed by atoms with E-state index >= 15 is 0 Å². The maximum atomic E-state index is 11.4. The zero-order chi connectivity index (χ0) is 12.3. The SMILES string of the molecule is CC(C)NC(C)(C(=O)O)c1cccc(Br)c1. The van der Waals surface area contributed by atoms with Crippen molar-refractivity contribution >= 4 is 21.9 Å². The molecule has 0 heterocycles. The largest absolute Gasteiger partial charge is 0.480 e. The van der Waals surface area contributed by atoms with Crippen molar-refractivity contribution in [2.24, 2.45) is 0 Å². The predicted molar refractivity (Wildman–Crippen MR) is 67.4 cm³/mol. The summed E-state index contributed by atoms with van der Waals surface area (Å²) in [5.74, 6) is -0.876. The molecule has 1 unspecified atom stereocenters. The minimum Gasteiger partial charge on any atom is -0.480 e.